The number of rotatable bonds is 6. The lowest BCUT2D eigenvalue weighted by Gasteiger charge is -2.32. The van der Waals surface area contributed by atoms with Crippen LogP contribution in [0.3, 0.4) is 0 Å². The second-order valence-electron chi connectivity index (χ2n) is 10.0. The second kappa shape index (κ2) is 9.63. The zero-order valence-corrected chi connectivity index (χ0v) is 21.0. The van der Waals surface area contributed by atoms with Gasteiger partial charge in [-0.2, -0.15) is 0 Å². The fourth-order valence-corrected chi connectivity index (χ4v) is 5.09. The van der Waals surface area contributed by atoms with Crippen molar-refractivity contribution >= 4 is 22.9 Å². The zero-order valence-electron chi connectivity index (χ0n) is 21.0. The third kappa shape index (κ3) is 4.60. The number of nitrogens with one attached hydrogen (secondary N) is 1. The van der Waals surface area contributed by atoms with E-state index < -0.39 is 0 Å². The van der Waals surface area contributed by atoms with E-state index in [1.807, 2.05) is 26.4 Å². The second-order valence-corrected chi connectivity index (χ2v) is 10.0. The molecule has 2 aromatic heterocycles. The van der Waals surface area contributed by atoms with Gasteiger partial charge in [0.25, 0.3) is 5.56 Å². The summed E-state index contributed by atoms with van der Waals surface area (Å²) in [5, 5.41) is 1.25. The molecule has 0 bridgehead atoms. The number of likely N-dealkylation sites (tertiary alicyclic amines) is 1. The van der Waals surface area contributed by atoms with E-state index in [2.05, 4.69) is 48.5 Å². The van der Waals surface area contributed by atoms with E-state index in [1.54, 1.807) is 22.6 Å². The first-order valence-corrected chi connectivity index (χ1v) is 12.1. The molecule has 3 aromatic rings. The maximum Gasteiger partial charge on any atom is 0.257 e. The molecule has 0 unspecified atom stereocenters. The highest BCUT2D eigenvalue weighted by atomic mass is 16.2. The minimum absolute atomic E-state index is 0.0399. The maximum atomic E-state index is 12.4. The number of hydrogen-bond acceptors (Lipinski definition) is 3. The lowest BCUT2D eigenvalue weighted by atomic mass is 9.87. The SMILES string of the molecule is C=Cc1cc(-c2[nH]c3ccc(C4CCN(CC(=O)N(C)C)CC4)cc3c2C(C)C)cn(C)c1=O. The molecule has 6 heteroatoms. The molecule has 1 fully saturated rings. The largest absolute Gasteiger partial charge is 0.354 e. The van der Waals surface area contributed by atoms with Crippen LogP contribution in [0.5, 0.6) is 0 Å². The summed E-state index contributed by atoms with van der Waals surface area (Å²) in [6.45, 7) is 10.6. The predicted octanol–water partition coefficient (Wildman–Crippen LogP) is 4.57. The summed E-state index contributed by atoms with van der Waals surface area (Å²) < 4.78 is 1.63. The Morgan fingerprint density at radius 1 is 1.24 bits per heavy atom. The van der Waals surface area contributed by atoms with Gasteiger partial charge in [-0.25, -0.2) is 0 Å². The molecule has 180 valence electrons. The van der Waals surface area contributed by atoms with Crippen molar-refractivity contribution in [1.82, 2.24) is 19.4 Å². The van der Waals surface area contributed by atoms with Crippen molar-refractivity contribution in [3.8, 4) is 11.3 Å². The Morgan fingerprint density at radius 2 is 1.94 bits per heavy atom. The monoisotopic (exact) mass is 460 g/mol. The van der Waals surface area contributed by atoms with Gasteiger partial charge in [-0.3, -0.25) is 14.5 Å². The molecule has 1 amide bonds. The predicted molar refractivity (Wildman–Crippen MR) is 140 cm³/mol. The van der Waals surface area contributed by atoms with Crippen LogP contribution in [0.2, 0.25) is 0 Å². The molecule has 1 aliphatic rings. The fraction of sp³-hybridized carbons (Fsp3) is 0.429. The van der Waals surface area contributed by atoms with Gasteiger partial charge < -0.3 is 14.5 Å². The number of likely N-dealkylation sites (N-methyl/N-ethyl adjacent to an activating group) is 1. The van der Waals surface area contributed by atoms with Crippen LogP contribution >= 0.6 is 0 Å². The van der Waals surface area contributed by atoms with Gasteiger partial charge in [-0.15, -0.1) is 0 Å². The van der Waals surface area contributed by atoms with Crippen molar-refractivity contribution in [2.45, 2.75) is 38.5 Å². The number of carbonyl (C=O) groups is 1. The number of fused-ring (bicyclic) bond motifs is 1. The summed E-state index contributed by atoms with van der Waals surface area (Å²) in [7, 11) is 5.41. The van der Waals surface area contributed by atoms with Crippen LogP contribution in [-0.4, -0.2) is 59.0 Å². The number of benzene rings is 1. The van der Waals surface area contributed by atoms with Gasteiger partial charge in [-0.05, 0) is 67.1 Å². The smallest absolute Gasteiger partial charge is 0.257 e. The minimum atomic E-state index is -0.0399. The van der Waals surface area contributed by atoms with Crippen molar-refractivity contribution in [2.75, 3.05) is 33.7 Å². The van der Waals surface area contributed by atoms with Crippen molar-refractivity contribution < 1.29 is 4.79 Å². The summed E-state index contributed by atoms with van der Waals surface area (Å²) in [6.07, 6.45) is 5.64. The summed E-state index contributed by atoms with van der Waals surface area (Å²) in [6, 6.07) is 8.72. The highest BCUT2D eigenvalue weighted by Gasteiger charge is 2.24. The molecule has 1 N–H and O–H groups in total. The van der Waals surface area contributed by atoms with Gasteiger partial charge in [0, 0.05) is 49.4 Å². The molecule has 0 spiro atoms. The number of carbonyl (C=O) groups excluding carboxylic acids is 1. The van der Waals surface area contributed by atoms with E-state index >= 15 is 0 Å². The molecule has 6 nitrogen and oxygen atoms in total. The highest BCUT2D eigenvalue weighted by molar-refractivity contribution is 5.92. The number of aryl methyl sites for hydroxylation is 1. The molecule has 0 atom stereocenters. The van der Waals surface area contributed by atoms with Crippen LogP contribution in [-0.2, 0) is 11.8 Å². The van der Waals surface area contributed by atoms with Crippen molar-refractivity contribution in [3.05, 3.63) is 64.1 Å². The summed E-state index contributed by atoms with van der Waals surface area (Å²) in [5.74, 6) is 0.986. The third-order valence-electron chi connectivity index (χ3n) is 7.08. The number of H-pyrrole nitrogens is 1. The Hall–Kier alpha value is -3.12. The number of piperidine rings is 1. The Bertz CT molecular complexity index is 1270. The van der Waals surface area contributed by atoms with Gasteiger partial charge in [-0.1, -0.05) is 32.6 Å². The van der Waals surface area contributed by atoms with Crippen LogP contribution < -0.4 is 5.56 Å². The van der Waals surface area contributed by atoms with Crippen LogP contribution in [0.25, 0.3) is 28.2 Å². The number of pyridine rings is 1. The van der Waals surface area contributed by atoms with E-state index in [9.17, 15) is 9.59 Å². The molecular weight excluding hydrogens is 424 g/mol. The molecule has 1 aliphatic heterocycles. The fourth-order valence-electron chi connectivity index (χ4n) is 5.09. The molecule has 0 saturated carbocycles. The van der Waals surface area contributed by atoms with Crippen molar-refractivity contribution in [2.24, 2.45) is 7.05 Å². The first-order valence-electron chi connectivity index (χ1n) is 12.1. The topological polar surface area (TPSA) is 61.3 Å². The van der Waals surface area contributed by atoms with Crippen LogP contribution in [0.1, 0.15) is 55.2 Å². The zero-order chi connectivity index (χ0) is 24.6. The molecule has 1 aromatic carbocycles. The van der Waals surface area contributed by atoms with E-state index in [-0.39, 0.29) is 11.5 Å². The first-order chi connectivity index (χ1) is 16.2. The van der Waals surface area contributed by atoms with Gasteiger partial charge in [0.15, 0.2) is 0 Å². The summed E-state index contributed by atoms with van der Waals surface area (Å²) >= 11 is 0. The number of amides is 1. The van der Waals surface area contributed by atoms with Gasteiger partial charge >= 0.3 is 0 Å². The molecular formula is C28H36N4O2. The molecule has 4 rings (SSSR count). The molecule has 3 heterocycles. The van der Waals surface area contributed by atoms with Crippen LogP contribution in [0.15, 0.2) is 41.8 Å². The standard InChI is InChI=1S/C28H36N4O2/c1-7-19-14-22(16-31(6)28(19)34)27-26(18(2)3)23-15-21(8-9-24(23)29-27)20-10-12-32(13-11-20)17-25(33)30(4)5/h7-9,14-16,18,20,29H,1,10-13,17H2,2-6H3. The number of aromatic amines is 1. The van der Waals surface area contributed by atoms with E-state index in [0.717, 1.165) is 42.7 Å². The Labute approximate surface area is 201 Å². The van der Waals surface area contributed by atoms with E-state index in [1.165, 1.54) is 16.5 Å². The normalized spacial score (nSPS) is 15.2. The van der Waals surface area contributed by atoms with Gasteiger partial charge in [0.1, 0.15) is 0 Å². The Morgan fingerprint density at radius 3 is 2.56 bits per heavy atom. The third-order valence-corrected chi connectivity index (χ3v) is 7.08. The maximum absolute atomic E-state index is 12.4. The molecule has 0 aliphatic carbocycles. The quantitative estimate of drug-likeness (QED) is 0.586. The van der Waals surface area contributed by atoms with Crippen molar-refractivity contribution in [1.29, 1.82) is 0 Å². The van der Waals surface area contributed by atoms with Crippen LogP contribution in [0, 0.1) is 0 Å². The minimum Gasteiger partial charge on any atom is -0.354 e. The molecule has 34 heavy (non-hydrogen) atoms. The molecule has 0 radical (unpaired) electrons. The average molecular weight is 461 g/mol. The first kappa shape index (κ1) is 24.0. The number of nitrogens with zero attached hydrogens (tertiary/aromatic N) is 3. The van der Waals surface area contributed by atoms with Crippen molar-refractivity contribution in [3.63, 3.8) is 0 Å². The number of aromatic nitrogens is 2. The summed E-state index contributed by atoms with van der Waals surface area (Å²) in [4.78, 5) is 32.0. The lowest BCUT2D eigenvalue weighted by Crippen LogP contribution is -2.40. The Balaban J connectivity index is 1.66. The number of hydrogen-bond donors (Lipinski definition) is 1. The van der Waals surface area contributed by atoms with Gasteiger partial charge in [0.05, 0.1) is 12.2 Å². The van der Waals surface area contributed by atoms with E-state index in [0.29, 0.717) is 23.9 Å². The van der Waals surface area contributed by atoms with E-state index in [4.69, 9.17) is 0 Å². The van der Waals surface area contributed by atoms with Crippen LogP contribution in [0.4, 0.5) is 0 Å². The lowest BCUT2D eigenvalue weighted by molar-refractivity contribution is -0.130. The summed E-state index contributed by atoms with van der Waals surface area (Å²) in [5.41, 5.74) is 6.39. The average Bonchev–Trinajstić information content (AvgIpc) is 3.20. The van der Waals surface area contributed by atoms with Gasteiger partial charge in [0.2, 0.25) is 5.91 Å². The highest BCUT2D eigenvalue weighted by Crippen LogP contribution is 2.38. The molecule has 1 saturated heterocycles. The Kier molecular flexibility index (Phi) is 6.80.